The molecule has 6 aromatic rings. The van der Waals surface area contributed by atoms with E-state index in [1.54, 1.807) is 0 Å². The van der Waals surface area contributed by atoms with Crippen LogP contribution in [0, 0.1) is 25.7 Å². The molecule has 4 aliphatic carbocycles. The van der Waals surface area contributed by atoms with Gasteiger partial charge < -0.3 is 30.6 Å². The molecule has 0 aliphatic heterocycles. The third-order valence-corrected chi connectivity index (χ3v) is 17.5. The van der Waals surface area contributed by atoms with Crippen LogP contribution >= 0.6 is 0 Å². The van der Waals surface area contributed by atoms with Gasteiger partial charge in [0.05, 0.1) is 0 Å². The maximum Gasteiger partial charge on any atom is 0.122 e. The lowest BCUT2D eigenvalue weighted by Crippen LogP contribution is -2.56. The van der Waals surface area contributed by atoms with Crippen LogP contribution in [0.3, 0.4) is 0 Å². The zero-order chi connectivity index (χ0) is 50.9. The normalized spacial score (nSPS) is 20.3. The van der Waals surface area contributed by atoms with Crippen molar-refractivity contribution in [3.8, 4) is 34.5 Å². The Labute approximate surface area is 429 Å². The summed E-state index contributed by atoms with van der Waals surface area (Å²) in [5.41, 5.74) is 13.4. The molecule has 6 aromatic carbocycles. The second kappa shape index (κ2) is 21.3. The van der Waals surface area contributed by atoms with Gasteiger partial charge in [0.1, 0.15) is 34.5 Å². The molecule has 4 aliphatic rings. The predicted molar refractivity (Wildman–Crippen MR) is 292 cm³/mol. The Bertz CT molecular complexity index is 2590. The third-order valence-electron chi connectivity index (χ3n) is 17.5. The molecule has 0 saturated heterocycles. The molecule has 6 heteroatoms. The van der Waals surface area contributed by atoms with Crippen LogP contribution in [0.25, 0.3) is 0 Å². The Hall–Kier alpha value is -5.88. The number of benzene rings is 6. The van der Waals surface area contributed by atoms with Gasteiger partial charge in [-0.25, -0.2) is 0 Å². The molecule has 0 unspecified atom stereocenters. The predicted octanol–water partition coefficient (Wildman–Crippen LogP) is 16.1. The zero-order valence-electron chi connectivity index (χ0n) is 44.0. The third kappa shape index (κ3) is 9.96. The average Bonchev–Trinajstić information content (AvgIpc) is 3.36. The fraction of sp³-hybridized carbons (Fsp3) is 0.455. The molecule has 0 radical (unpaired) electrons. The van der Waals surface area contributed by atoms with Crippen LogP contribution < -0.4 is 0 Å². The van der Waals surface area contributed by atoms with Crippen molar-refractivity contribution in [3.05, 3.63) is 175 Å². The number of unbranched alkanes of at least 4 members (excludes halogenated alkanes) is 4. The standard InChI is InChI=1S/C66H80O6/c1-7-11-15-45-30-49(19-23-57(45)67)61(50-20-24-58(68)46(31-50)16-12-8-2)55-34-53(27-41(5)63(55)71)65-36-43-29-44(37-65)39-66(38-43,40-65)54-28-42(6)64(72)56(35-54)62(51-21-25-59(69)47(32-51)17-13-9-3)52-22-26-60(70)48(33-52)18-14-10-4/h19-28,30-35,43-44,61-62,67-72H,7-18,29,36-40H2,1-6H3. The molecule has 4 saturated carbocycles. The molecule has 380 valence electrons. The molecule has 0 spiro atoms. The highest BCUT2D eigenvalue weighted by molar-refractivity contribution is 5.60. The monoisotopic (exact) mass is 969 g/mol. The minimum Gasteiger partial charge on any atom is -0.508 e. The molecule has 72 heavy (non-hydrogen) atoms. The first-order valence-corrected chi connectivity index (χ1v) is 27.6. The highest BCUT2D eigenvalue weighted by Gasteiger charge is 2.59. The largest absolute Gasteiger partial charge is 0.508 e. The number of phenolic OH excluding ortho intramolecular Hbond substituents is 6. The second-order valence-corrected chi connectivity index (χ2v) is 22.8. The summed E-state index contributed by atoms with van der Waals surface area (Å²) in [4.78, 5) is 0. The van der Waals surface area contributed by atoms with E-state index >= 15 is 0 Å². The van der Waals surface area contributed by atoms with Crippen LogP contribution in [0.1, 0.15) is 207 Å². The fourth-order valence-corrected chi connectivity index (χ4v) is 14.1. The molecule has 4 bridgehead atoms. The van der Waals surface area contributed by atoms with Gasteiger partial charge in [0, 0.05) is 23.0 Å². The van der Waals surface area contributed by atoms with E-state index in [-0.39, 0.29) is 22.7 Å². The molecule has 4 fully saturated rings. The van der Waals surface area contributed by atoms with Gasteiger partial charge in [-0.2, -0.15) is 0 Å². The molecule has 6 N–H and O–H groups in total. The van der Waals surface area contributed by atoms with Gasteiger partial charge in [0.25, 0.3) is 0 Å². The number of phenols is 6. The first-order chi connectivity index (χ1) is 34.7. The van der Waals surface area contributed by atoms with E-state index in [0.29, 0.717) is 46.3 Å². The number of rotatable bonds is 20. The van der Waals surface area contributed by atoms with E-state index in [9.17, 15) is 30.6 Å². The van der Waals surface area contributed by atoms with Crippen LogP contribution in [0.5, 0.6) is 34.5 Å². The van der Waals surface area contributed by atoms with Crippen molar-refractivity contribution in [1.29, 1.82) is 0 Å². The van der Waals surface area contributed by atoms with Gasteiger partial charge >= 0.3 is 0 Å². The van der Waals surface area contributed by atoms with E-state index in [1.807, 2.05) is 62.4 Å². The lowest BCUT2D eigenvalue weighted by atomic mass is 9.41. The number of aryl methyl sites for hydroxylation is 6. The van der Waals surface area contributed by atoms with Crippen LogP contribution in [0.15, 0.2) is 97.1 Å². The minimum absolute atomic E-state index is 0.133. The molecule has 0 atom stereocenters. The average molecular weight is 969 g/mol. The summed E-state index contributed by atoms with van der Waals surface area (Å²) >= 11 is 0. The van der Waals surface area contributed by atoms with Crippen molar-refractivity contribution in [2.45, 2.75) is 180 Å². The zero-order valence-corrected chi connectivity index (χ0v) is 44.0. The maximum absolute atomic E-state index is 12.4. The lowest BCUT2D eigenvalue weighted by molar-refractivity contribution is -0.0282. The van der Waals surface area contributed by atoms with Crippen molar-refractivity contribution < 1.29 is 30.6 Å². The van der Waals surface area contributed by atoms with E-state index in [4.69, 9.17) is 0 Å². The lowest BCUT2D eigenvalue weighted by Gasteiger charge is -2.63. The van der Waals surface area contributed by atoms with Crippen molar-refractivity contribution >= 4 is 0 Å². The Morgan fingerprint density at radius 1 is 0.417 bits per heavy atom. The van der Waals surface area contributed by atoms with Gasteiger partial charge in [-0.1, -0.05) is 126 Å². The highest BCUT2D eigenvalue weighted by atomic mass is 16.3. The first-order valence-electron chi connectivity index (χ1n) is 27.6. The SMILES string of the molecule is CCCCc1cc(C(c2ccc(O)c(CCCC)c2)c2cc(C34CC5CC(C3)CC(c3cc(C)c(O)c(C(c6ccc(O)c(CCCC)c6)c6ccc(O)c(CCCC)c6)c3)(C5)C4)cc(C)c2O)ccc1O. The van der Waals surface area contributed by atoms with Gasteiger partial charge in [0.15, 0.2) is 0 Å². The van der Waals surface area contributed by atoms with Gasteiger partial charge in [-0.15, -0.1) is 0 Å². The van der Waals surface area contributed by atoms with Crippen molar-refractivity contribution in [3.63, 3.8) is 0 Å². The van der Waals surface area contributed by atoms with Crippen molar-refractivity contribution in [2.75, 3.05) is 0 Å². The summed E-state index contributed by atoms with van der Waals surface area (Å²) < 4.78 is 0. The summed E-state index contributed by atoms with van der Waals surface area (Å²) in [6.45, 7) is 12.8. The summed E-state index contributed by atoms with van der Waals surface area (Å²) in [5.74, 6) is 2.16. The maximum atomic E-state index is 12.4. The Morgan fingerprint density at radius 3 is 0.986 bits per heavy atom. The Kier molecular flexibility index (Phi) is 15.1. The molecule has 10 rings (SSSR count). The first kappa shape index (κ1) is 51.0. The van der Waals surface area contributed by atoms with Crippen molar-refractivity contribution in [2.24, 2.45) is 11.8 Å². The topological polar surface area (TPSA) is 121 Å². The number of hydrogen-bond acceptors (Lipinski definition) is 6. The summed E-state index contributed by atoms with van der Waals surface area (Å²) in [7, 11) is 0. The van der Waals surface area contributed by atoms with Crippen LogP contribution in [-0.2, 0) is 36.5 Å². The quantitative estimate of drug-likeness (QED) is 0.0424. The van der Waals surface area contributed by atoms with Gasteiger partial charge in [0.2, 0.25) is 0 Å². The molecular weight excluding hydrogens is 889 g/mol. The molecule has 0 aromatic heterocycles. The minimum atomic E-state index is -0.336. The molecule has 0 amide bonds. The Morgan fingerprint density at radius 2 is 0.708 bits per heavy atom. The number of aromatic hydroxyl groups is 6. The van der Waals surface area contributed by atoms with Crippen LogP contribution in [0.4, 0.5) is 0 Å². The van der Waals surface area contributed by atoms with Gasteiger partial charge in [-0.3, -0.25) is 0 Å². The highest BCUT2D eigenvalue weighted by Crippen LogP contribution is 2.67. The summed E-state index contributed by atoms with van der Waals surface area (Å²) in [6, 6.07) is 33.1. The van der Waals surface area contributed by atoms with E-state index in [2.05, 4.69) is 76.2 Å². The molecule has 6 nitrogen and oxygen atoms in total. The van der Waals surface area contributed by atoms with E-state index in [1.165, 1.54) is 17.5 Å². The second-order valence-electron chi connectivity index (χ2n) is 22.8. The molecular formula is C66H80O6. The van der Waals surface area contributed by atoms with E-state index < -0.39 is 0 Å². The fourth-order valence-electron chi connectivity index (χ4n) is 14.1. The van der Waals surface area contributed by atoms with Crippen molar-refractivity contribution in [1.82, 2.24) is 0 Å². The van der Waals surface area contributed by atoms with Crippen LogP contribution in [0.2, 0.25) is 0 Å². The van der Waals surface area contributed by atoms with Gasteiger partial charge in [-0.05, 0) is 217 Å². The number of hydrogen-bond donors (Lipinski definition) is 6. The molecule has 0 heterocycles. The smallest absolute Gasteiger partial charge is 0.122 e. The summed E-state index contributed by atoms with van der Waals surface area (Å²) in [6.07, 6.45) is 17.5. The van der Waals surface area contributed by atoms with Crippen LogP contribution in [-0.4, -0.2) is 30.6 Å². The Balaban J connectivity index is 1.18. The summed E-state index contributed by atoms with van der Waals surface area (Å²) in [5, 5.41) is 69.2. The van der Waals surface area contributed by atoms with E-state index in [0.717, 1.165) is 176 Å².